The van der Waals surface area contributed by atoms with Crippen molar-refractivity contribution in [1.29, 1.82) is 0 Å². The van der Waals surface area contributed by atoms with E-state index < -0.39 is 0 Å². The topological polar surface area (TPSA) is 46.0 Å². The highest BCUT2D eigenvalue weighted by atomic mass is 16.3. The van der Waals surface area contributed by atoms with Crippen LogP contribution < -0.4 is 0 Å². The molecule has 0 aliphatic rings. The van der Waals surface area contributed by atoms with E-state index in [0.717, 1.165) is 5.52 Å². The van der Waals surface area contributed by atoms with Crippen LogP contribution in [0.3, 0.4) is 0 Å². The fraction of sp³-hybridized carbons (Fsp3) is 0. The SMILES string of the molecule is Oc1cccc2ncncc12. The van der Waals surface area contributed by atoms with Gasteiger partial charge in [0.15, 0.2) is 0 Å². The van der Waals surface area contributed by atoms with Gasteiger partial charge in [0.2, 0.25) is 0 Å². The molecule has 11 heavy (non-hydrogen) atoms. The minimum atomic E-state index is 0.225. The van der Waals surface area contributed by atoms with E-state index in [1.54, 1.807) is 18.3 Å². The van der Waals surface area contributed by atoms with Crippen LogP contribution in [-0.4, -0.2) is 15.1 Å². The lowest BCUT2D eigenvalue weighted by Crippen LogP contribution is -1.79. The molecule has 1 aromatic heterocycles. The predicted molar refractivity (Wildman–Crippen MR) is 41.2 cm³/mol. The number of phenolic OH excluding ortho intramolecular Hbond substituents is 1. The summed E-state index contributed by atoms with van der Waals surface area (Å²) in [6, 6.07) is 5.20. The second-order valence-corrected chi connectivity index (χ2v) is 2.23. The van der Waals surface area contributed by atoms with Gasteiger partial charge in [0.05, 0.1) is 10.9 Å². The summed E-state index contributed by atoms with van der Waals surface area (Å²) in [5.74, 6) is 0.225. The Hall–Kier alpha value is -1.64. The molecule has 2 aromatic rings. The smallest absolute Gasteiger partial charge is 0.126 e. The number of hydrogen-bond acceptors (Lipinski definition) is 3. The predicted octanol–water partition coefficient (Wildman–Crippen LogP) is 1.34. The van der Waals surface area contributed by atoms with Crippen LogP contribution in [0.1, 0.15) is 0 Å². The third kappa shape index (κ3) is 0.902. The number of nitrogens with zero attached hydrogens (tertiary/aromatic N) is 2. The molecule has 54 valence electrons. The van der Waals surface area contributed by atoms with Gasteiger partial charge in [0.25, 0.3) is 0 Å². The van der Waals surface area contributed by atoms with Gasteiger partial charge in [-0.15, -0.1) is 0 Å². The maximum atomic E-state index is 9.29. The molecule has 1 aromatic carbocycles. The Morgan fingerprint density at radius 1 is 1.27 bits per heavy atom. The van der Waals surface area contributed by atoms with Crippen LogP contribution in [-0.2, 0) is 0 Å². The van der Waals surface area contributed by atoms with Crippen molar-refractivity contribution in [2.24, 2.45) is 0 Å². The highest BCUT2D eigenvalue weighted by molar-refractivity contribution is 5.83. The van der Waals surface area contributed by atoms with Gasteiger partial charge >= 0.3 is 0 Å². The van der Waals surface area contributed by atoms with E-state index in [9.17, 15) is 5.11 Å². The van der Waals surface area contributed by atoms with Crippen molar-refractivity contribution in [2.45, 2.75) is 0 Å². The van der Waals surface area contributed by atoms with Gasteiger partial charge in [-0.2, -0.15) is 0 Å². The highest BCUT2D eigenvalue weighted by Gasteiger charge is 1.96. The van der Waals surface area contributed by atoms with Crippen molar-refractivity contribution in [2.75, 3.05) is 0 Å². The van der Waals surface area contributed by atoms with E-state index in [-0.39, 0.29) is 5.75 Å². The maximum absolute atomic E-state index is 9.29. The molecular weight excluding hydrogens is 140 g/mol. The van der Waals surface area contributed by atoms with Gasteiger partial charge < -0.3 is 5.11 Å². The standard InChI is InChI=1S/C8H6N2O/c11-8-3-1-2-7-6(8)4-9-5-10-7/h1-5,11H. The first-order chi connectivity index (χ1) is 5.38. The van der Waals surface area contributed by atoms with Gasteiger partial charge in [0, 0.05) is 6.20 Å². The molecule has 0 unspecified atom stereocenters. The van der Waals surface area contributed by atoms with E-state index in [0.29, 0.717) is 5.39 Å². The lowest BCUT2D eigenvalue weighted by atomic mass is 10.2. The minimum Gasteiger partial charge on any atom is -0.507 e. The van der Waals surface area contributed by atoms with Gasteiger partial charge in [0.1, 0.15) is 12.1 Å². The second kappa shape index (κ2) is 2.20. The number of hydrogen-bond donors (Lipinski definition) is 1. The van der Waals surface area contributed by atoms with Crippen LogP contribution in [0.2, 0.25) is 0 Å². The fourth-order valence-corrected chi connectivity index (χ4v) is 0.989. The molecule has 0 aliphatic heterocycles. The number of rotatable bonds is 0. The first-order valence-electron chi connectivity index (χ1n) is 3.25. The van der Waals surface area contributed by atoms with Gasteiger partial charge in [-0.3, -0.25) is 0 Å². The molecule has 0 fully saturated rings. The monoisotopic (exact) mass is 146 g/mol. The van der Waals surface area contributed by atoms with Crippen molar-refractivity contribution >= 4 is 10.9 Å². The molecule has 0 bridgehead atoms. The van der Waals surface area contributed by atoms with Crippen LogP contribution in [0.15, 0.2) is 30.7 Å². The summed E-state index contributed by atoms with van der Waals surface area (Å²) >= 11 is 0. The molecule has 0 spiro atoms. The lowest BCUT2D eigenvalue weighted by Gasteiger charge is -1.96. The zero-order valence-electron chi connectivity index (χ0n) is 5.73. The van der Waals surface area contributed by atoms with E-state index in [4.69, 9.17) is 0 Å². The van der Waals surface area contributed by atoms with Gasteiger partial charge in [-0.05, 0) is 12.1 Å². The van der Waals surface area contributed by atoms with E-state index in [2.05, 4.69) is 9.97 Å². The lowest BCUT2D eigenvalue weighted by molar-refractivity contribution is 0.481. The first-order valence-corrected chi connectivity index (χ1v) is 3.25. The fourth-order valence-electron chi connectivity index (χ4n) is 0.989. The summed E-state index contributed by atoms with van der Waals surface area (Å²) in [5, 5.41) is 9.98. The van der Waals surface area contributed by atoms with Crippen molar-refractivity contribution in [3.63, 3.8) is 0 Å². The Labute approximate surface area is 63.3 Å². The first kappa shape index (κ1) is 6.09. The number of phenols is 1. The summed E-state index contributed by atoms with van der Waals surface area (Å²) in [6.45, 7) is 0. The molecule has 2 rings (SSSR count). The molecule has 0 saturated carbocycles. The molecule has 1 N–H and O–H groups in total. The van der Waals surface area contributed by atoms with Gasteiger partial charge in [-0.1, -0.05) is 6.07 Å². The molecule has 1 heterocycles. The molecule has 0 aliphatic carbocycles. The van der Waals surface area contributed by atoms with Crippen LogP contribution >= 0.6 is 0 Å². The molecule has 0 atom stereocenters. The number of aromatic nitrogens is 2. The van der Waals surface area contributed by atoms with Crippen LogP contribution in [0, 0.1) is 0 Å². The Bertz CT molecular complexity index is 381. The van der Waals surface area contributed by atoms with Crippen molar-refractivity contribution in [3.05, 3.63) is 30.7 Å². The molecule has 0 saturated heterocycles. The molecular formula is C8H6N2O. The summed E-state index contributed by atoms with van der Waals surface area (Å²) in [6.07, 6.45) is 3.06. The summed E-state index contributed by atoms with van der Waals surface area (Å²) in [7, 11) is 0. The van der Waals surface area contributed by atoms with Gasteiger partial charge in [-0.25, -0.2) is 9.97 Å². The third-order valence-electron chi connectivity index (χ3n) is 1.53. The Morgan fingerprint density at radius 3 is 3.00 bits per heavy atom. The molecule has 3 nitrogen and oxygen atoms in total. The number of benzene rings is 1. The number of aromatic hydroxyl groups is 1. The third-order valence-corrected chi connectivity index (χ3v) is 1.53. The van der Waals surface area contributed by atoms with Crippen LogP contribution in [0.25, 0.3) is 10.9 Å². The molecule has 0 radical (unpaired) electrons. The largest absolute Gasteiger partial charge is 0.507 e. The van der Waals surface area contributed by atoms with Crippen LogP contribution in [0.4, 0.5) is 0 Å². The normalized spacial score (nSPS) is 10.2. The van der Waals surface area contributed by atoms with E-state index >= 15 is 0 Å². The Balaban J connectivity index is 2.91. The van der Waals surface area contributed by atoms with E-state index in [1.807, 2.05) is 6.07 Å². The molecule has 3 heteroatoms. The van der Waals surface area contributed by atoms with E-state index in [1.165, 1.54) is 6.33 Å². The zero-order valence-corrected chi connectivity index (χ0v) is 5.73. The highest BCUT2D eigenvalue weighted by Crippen LogP contribution is 2.20. The Kier molecular flexibility index (Phi) is 1.22. The second-order valence-electron chi connectivity index (χ2n) is 2.23. The van der Waals surface area contributed by atoms with Crippen LogP contribution in [0.5, 0.6) is 5.75 Å². The zero-order chi connectivity index (χ0) is 7.68. The maximum Gasteiger partial charge on any atom is 0.126 e. The average Bonchev–Trinajstić information content (AvgIpc) is 2.06. The number of fused-ring (bicyclic) bond motifs is 1. The average molecular weight is 146 g/mol. The van der Waals surface area contributed by atoms with Crippen molar-refractivity contribution < 1.29 is 5.11 Å². The summed E-state index contributed by atoms with van der Waals surface area (Å²) in [5.41, 5.74) is 0.764. The molecule has 0 amide bonds. The quantitative estimate of drug-likeness (QED) is 0.610. The van der Waals surface area contributed by atoms with Crippen molar-refractivity contribution in [1.82, 2.24) is 9.97 Å². The summed E-state index contributed by atoms with van der Waals surface area (Å²) in [4.78, 5) is 7.77. The summed E-state index contributed by atoms with van der Waals surface area (Å²) < 4.78 is 0. The van der Waals surface area contributed by atoms with Crippen molar-refractivity contribution in [3.8, 4) is 5.75 Å². The Morgan fingerprint density at radius 2 is 2.18 bits per heavy atom. The minimum absolute atomic E-state index is 0.225.